The predicted octanol–water partition coefficient (Wildman–Crippen LogP) is 10.6. The first-order valence-corrected chi connectivity index (χ1v) is 14.6. The molecule has 0 fully saturated rings. The van der Waals surface area contributed by atoms with Gasteiger partial charge < -0.3 is 4.74 Å². The van der Waals surface area contributed by atoms with Gasteiger partial charge in [0, 0.05) is 11.1 Å². The fourth-order valence-corrected chi connectivity index (χ4v) is 6.46. The van der Waals surface area contributed by atoms with Gasteiger partial charge in [-0.3, -0.25) is 0 Å². The van der Waals surface area contributed by atoms with E-state index < -0.39 is 6.36 Å². The van der Waals surface area contributed by atoms with Crippen molar-refractivity contribution in [2.45, 2.75) is 13.3 Å². The average Bonchev–Trinajstić information content (AvgIpc) is 3.56. The Labute approximate surface area is 274 Å². The van der Waals surface area contributed by atoms with Crippen LogP contribution in [-0.2, 0) is 0 Å². The smallest absolute Gasteiger partial charge is 0.406 e. The van der Waals surface area contributed by atoms with Crippen LogP contribution >= 0.6 is 0 Å². The lowest BCUT2D eigenvalue weighted by Crippen LogP contribution is -2.16. The topological polar surface area (TPSA) is 65.5 Å². The van der Waals surface area contributed by atoms with Gasteiger partial charge in [-0.05, 0) is 110 Å². The molecule has 0 heterocycles. The number of allylic oxidation sites excluding steroid dienone is 2. The van der Waals surface area contributed by atoms with Crippen molar-refractivity contribution in [3.8, 4) is 62.4 Å². The van der Waals surface area contributed by atoms with Crippen LogP contribution in [0.3, 0.4) is 0 Å². The number of alkyl halides is 3. The van der Waals surface area contributed by atoms with Crippen LogP contribution < -0.4 is 4.74 Å². The maximum Gasteiger partial charge on any atom is 0.573 e. The zero-order valence-electron chi connectivity index (χ0n) is 25.1. The molecule has 0 N–H and O–H groups in total. The minimum Gasteiger partial charge on any atom is -0.406 e. The largest absolute Gasteiger partial charge is 0.573 e. The van der Waals surface area contributed by atoms with Crippen molar-refractivity contribution in [2.75, 3.05) is 0 Å². The van der Waals surface area contributed by atoms with Crippen LogP contribution in [0.4, 0.5) is 13.2 Å². The lowest BCUT2D eigenvalue weighted by molar-refractivity contribution is -0.274. The first-order valence-electron chi connectivity index (χ1n) is 14.6. The summed E-state index contributed by atoms with van der Waals surface area (Å²) in [6.45, 7) is 17.6. The number of ether oxygens (including phenoxy) is 1. The van der Waals surface area contributed by atoms with Gasteiger partial charge in [0.15, 0.2) is 0 Å². The zero-order valence-corrected chi connectivity index (χ0v) is 25.1. The second-order valence-electron chi connectivity index (χ2n) is 11.3. The van der Waals surface area contributed by atoms with E-state index in [-0.39, 0.29) is 17.1 Å². The maximum atomic E-state index is 12.7. The Morgan fingerprint density at radius 1 is 0.562 bits per heavy atom. The summed E-state index contributed by atoms with van der Waals surface area (Å²) < 4.78 is 42.1. The van der Waals surface area contributed by atoms with E-state index in [2.05, 4.69) is 20.5 Å². The highest BCUT2D eigenvalue weighted by molar-refractivity contribution is 6.11. The molecule has 5 nitrogen and oxygen atoms in total. The molecule has 8 heteroatoms. The fraction of sp³-hybridized carbons (Fsp3) is 0.0500. The Hall–Kier alpha value is -6.87. The molecule has 226 valence electrons. The van der Waals surface area contributed by atoms with E-state index in [1.54, 1.807) is 0 Å². The molecule has 0 aromatic heterocycles. The minimum atomic E-state index is -4.81. The van der Waals surface area contributed by atoms with Gasteiger partial charge in [-0.25, -0.2) is 20.2 Å². The quantitative estimate of drug-likeness (QED) is 0.144. The number of nitriles is 2. The highest BCUT2D eigenvalue weighted by atomic mass is 19.4. The fourth-order valence-electron chi connectivity index (χ4n) is 6.46. The number of aryl methyl sites for hydroxylation is 1. The van der Waals surface area contributed by atoms with Crippen LogP contribution in [0.2, 0.25) is 0 Å². The Kier molecular flexibility index (Phi) is 6.95. The third-order valence-electron chi connectivity index (χ3n) is 8.57. The van der Waals surface area contributed by atoms with E-state index in [0.29, 0.717) is 39.0 Å². The third-order valence-corrected chi connectivity index (χ3v) is 8.57. The zero-order chi connectivity index (χ0) is 33.7. The van der Waals surface area contributed by atoms with E-state index in [9.17, 15) is 23.7 Å². The van der Waals surface area contributed by atoms with Gasteiger partial charge in [0.25, 0.3) is 11.4 Å². The molecule has 0 radical (unpaired) electrons. The second kappa shape index (κ2) is 11.2. The van der Waals surface area contributed by atoms with Gasteiger partial charge in [-0.15, -0.1) is 13.2 Å². The standard InChI is InChI=1S/C40H19F3N4O/c1-22-4-6-23(7-5-22)25-10-14-28-30-18-35-31(19-34(30)38(32(28)16-25)36(20-44)46-2)29-15-11-26(17-33(29)39(35)37(21-45)47-3)24-8-12-27(13-9-24)48-40(41,42)43/h4-19H,1H3/b38-36+,39-37-. The third kappa shape index (κ3) is 4.87. The van der Waals surface area contributed by atoms with E-state index in [1.165, 1.54) is 24.3 Å². The maximum absolute atomic E-state index is 12.7. The first-order chi connectivity index (χ1) is 23.1. The van der Waals surface area contributed by atoms with Crippen molar-refractivity contribution >= 4 is 11.1 Å². The summed E-state index contributed by atoms with van der Waals surface area (Å²) in [5.74, 6) is -0.346. The molecule has 5 aromatic carbocycles. The monoisotopic (exact) mass is 628 g/mol. The van der Waals surface area contributed by atoms with Gasteiger partial charge in [0.1, 0.15) is 5.75 Å². The van der Waals surface area contributed by atoms with Gasteiger partial charge in [0.2, 0.25) is 0 Å². The summed E-state index contributed by atoms with van der Waals surface area (Å²) in [4.78, 5) is 7.13. The van der Waals surface area contributed by atoms with Crippen LogP contribution in [0.1, 0.15) is 27.8 Å². The van der Waals surface area contributed by atoms with Crippen molar-refractivity contribution in [1.29, 1.82) is 10.5 Å². The Balaban J connectivity index is 1.41. The predicted molar refractivity (Wildman–Crippen MR) is 176 cm³/mol. The van der Waals surface area contributed by atoms with Crippen LogP contribution in [0, 0.1) is 42.7 Å². The number of hydrogen-bond acceptors (Lipinski definition) is 3. The Morgan fingerprint density at radius 2 is 0.958 bits per heavy atom. The van der Waals surface area contributed by atoms with E-state index >= 15 is 0 Å². The summed E-state index contributed by atoms with van der Waals surface area (Å²) in [6.07, 6.45) is -4.81. The van der Waals surface area contributed by atoms with Gasteiger partial charge in [-0.1, -0.05) is 66.2 Å². The van der Waals surface area contributed by atoms with Crippen molar-refractivity contribution in [2.24, 2.45) is 0 Å². The SMILES string of the molecule is [C-]#[N+]/C(C#N)=C1/c2cc(-c3ccc(OC(F)(F)F)cc3)ccc2-c2cc3c(cc21)-c1ccc(-c2ccc(C)cc2)cc1/C3=C(/C#N)[N+]#[C-]. The summed E-state index contributed by atoms with van der Waals surface area (Å²) >= 11 is 0. The molecule has 0 unspecified atom stereocenters. The number of benzene rings is 5. The van der Waals surface area contributed by atoms with Crippen molar-refractivity contribution in [1.82, 2.24) is 0 Å². The number of fused-ring (bicyclic) bond motifs is 6. The van der Waals surface area contributed by atoms with E-state index in [1.807, 2.05) is 85.8 Å². The molecular formula is C40H19F3N4O. The first kappa shape index (κ1) is 29.8. The number of rotatable bonds is 3. The minimum absolute atomic E-state index is 0.0443. The molecule has 0 aliphatic heterocycles. The Bertz CT molecular complexity index is 2410. The lowest BCUT2D eigenvalue weighted by atomic mass is 9.95. The molecule has 0 spiro atoms. The summed E-state index contributed by atoms with van der Waals surface area (Å²) in [6, 6.07) is 33.0. The molecular weight excluding hydrogens is 609 g/mol. The average molecular weight is 629 g/mol. The number of halogens is 3. The van der Waals surface area contributed by atoms with E-state index in [4.69, 9.17) is 13.1 Å². The Morgan fingerprint density at radius 3 is 1.35 bits per heavy atom. The molecule has 48 heavy (non-hydrogen) atoms. The normalized spacial score (nSPS) is 14.2. The molecule has 0 amide bonds. The summed E-state index contributed by atoms with van der Waals surface area (Å²) in [5.41, 5.74) is 11.0. The molecule has 0 bridgehead atoms. The van der Waals surface area contributed by atoms with Gasteiger partial charge in [-0.2, -0.15) is 0 Å². The number of hydrogen-bond donors (Lipinski definition) is 0. The molecule has 5 aromatic rings. The van der Waals surface area contributed by atoms with Crippen molar-refractivity contribution in [3.05, 3.63) is 159 Å². The molecule has 7 rings (SSSR count). The molecule has 2 aliphatic carbocycles. The van der Waals surface area contributed by atoms with Gasteiger partial charge in [0.05, 0.1) is 25.3 Å². The van der Waals surface area contributed by atoms with Crippen molar-refractivity contribution in [3.63, 3.8) is 0 Å². The van der Waals surface area contributed by atoms with Crippen LogP contribution in [-0.4, -0.2) is 6.36 Å². The molecule has 2 aliphatic rings. The summed E-state index contributed by atoms with van der Waals surface area (Å²) in [5, 5.41) is 20.1. The van der Waals surface area contributed by atoms with E-state index in [0.717, 1.165) is 44.5 Å². The highest BCUT2D eigenvalue weighted by Gasteiger charge is 2.34. The highest BCUT2D eigenvalue weighted by Crippen LogP contribution is 2.54. The summed E-state index contributed by atoms with van der Waals surface area (Å²) in [7, 11) is 0. The van der Waals surface area contributed by atoms with Gasteiger partial charge >= 0.3 is 6.36 Å². The van der Waals surface area contributed by atoms with Crippen LogP contribution in [0.15, 0.2) is 108 Å². The molecule has 0 saturated heterocycles. The van der Waals surface area contributed by atoms with Crippen LogP contribution in [0.25, 0.3) is 65.3 Å². The number of nitrogens with zero attached hydrogens (tertiary/aromatic N) is 4. The lowest BCUT2D eigenvalue weighted by Gasteiger charge is -2.10. The molecule has 0 saturated carbocycles. The van der Waals surface area contributed by atoms with Crippen molar-refractivity contribution < 1.29 is 17.9 Å². The second-order valence-corrected chi connectivity index (χ2v) is 11.3. The molecule has 0 atom stereocenters. The van der Waals surface area contributed by atoms with Crippen LogP contribution in [0.5, 0.6) is 5.75 Å².